The maximum absolute atomic E-state index is 11.9. The first-order chi connectivity index (χ1) is 8.16. The van der Waals surface area contributed by atoms with Gasteiger partial charge in [-0.25, -0.2) is 0 Å². The molecule has 2 rings (SSSR count). The second-order valence-electron chi connectivity index (χ2n) is 4.43. The molecule has 3 nitrogen and oxygen atoms in total. The quantitative estimate of drug-likeness (QED) is 0.895. The smallest absolute Gasteiger partial charge is 0.237 e. The van der Waals surface area contributed by atoms with E-state index in [4.69, 9.17) is 0 Å². The summed E-state index contributed by atoms with van der Waals surface area (Å²) in [6, 6.07) is 7.93. The third kappa shape index (κ3) is 3.16. The molecule has 1 heterocycles. The number of carbonyl (C=O) groups excluding carboxylic acids is 1. The lowest BCUT2D eigenvalue weighted by atomic mass is 10.2. The molecule has 0 aromatic heterocycles. The molecule has 1 aliphatic rings. The second-order valence-corrected chi connectivity index (χ2v) is 5.74. The van der Waals surface area contributed by atoms with Crippen LogP contribution in [0.2, 0.25) is 0 Å². The average molecular weight is 250 g/mol. The molecule has 1 N–H and O–H groups in total. The van der Waals surface area contributed by atoms with Crippen molar-refractivity contribution in [3.8, 4) is 0 Å². The van der Waals surface area contributed by atoms with Gasteiger partial charge in [-0.1, -0.05) is 0 Å². The van der Waals surface area contributed by atoms with Crippen molar-refractivity contribution >= 4 is 29.0 Å². The number of amides is 1. The molecule has 1 aromatic rings. The maximum Gasteiger partial charge on any atom is 0.237 e. The van der Waals surface area contributed by atoms with E-state index in [0.29, 0.717) is 0 Å². The molecule has 1 amide bonds. The number of anilines is 2. The van der Waals surface area contributed by atoms with Crippen LogP contribution < -0.4 is 10.2 Å². The highest BCUT2D eigenvalue weighted by Crippen LogP contribution is 2.27. The van der Waals surface area contributed by atoms with Crippen LogP contribution in [0.1, 0.15) is 12.8 Å². The lowest BCUT2D eigenvalue weighted by molar-refractivity contribution is -0.115. The summed E-state index contributed by atoms with van der Waals surface area (Å²) in [5.74, 6) is 1.25. The van der Waals surface area contributed by atoms with Crippen LogP contribution in [0.5, 0.6) is 0 Å². The molecule has 0 saturated carbocycles. The number of hydrogen-bond donors (Lipinski definition) is 1. The third-order valence-corrected chi connectivity index (χ3v) is 4.25. The van der Waals surface area contributed by atoms with E-state index in [1.807, 2.05) is 43.3 Å². The van der Waals surface area contributed by atoms with E-state index in [-0.39, 0.29) is 11.2 Å². The lowest BCUT2D eigenvalue weighted by Gasteiger charge is -2.14. The normalized spacial score (nSPS) is 19.1. The zero-order valence-electron chi connectivity index (χ0n) is 10.3. The van der Waals surface area contributed by atoms with Gasteiger partial charge in [-0.2, -0.15) is 0 Å². The average Bonchev–Trinajstić information content (AvgIpc) is 2.83. The van der Waals surface area contributed by atoms with Gasteiger partial charge in [0.1, 0.15) is 0 Å². The number of thioether (sulfide) groups is 1. The molecule has 0 spiro atoms. The number of rotatable bonds is 3. The highest BCUT2D eigenvalue weighted by atomic mass is 32.2. The zero-order valence-corrected chi connectivity index (χ0v) is 11.1. The SMILES string of the molecule is CN(C)c1ccc(NC(=O)C2CCCS2)cc1. The Bertz CT molecular complexity index is 383. The first-order valence-corrected chi connectivity index (χ1v) is 6.91. The molecule has 1 unspecified atom stereocenters. The molecule has 1 atom stereocenters. The lowest BCUT2D eigenvalue weighted by Crippen LogP contribution is -2.22. The zero-order chi connectivity index (χ0) is 12.3. The highest BCUT2D eigenvalue weighted by Gasteiger charge is 2.23. The summed E-state index contributed by atoms with van der Waals surface area (Å²) in [5, 5.41) is 3.11. The Hall–Kier alpha value is -1.16. The van der Waals surface area contributed by atoms with Crippen LogP contribution in [-0.4, -0.2) is 31.0 Å². The van der Waals surface area contributed by atoms with Crippen molar-refractivity contribution in [2.24, 2.45) is 0 Å². The monoisotopic (exact) mass is 250 g/mol. The third-order valence-electron chi connectivity index (χ3n) is 2.87. The topological polar surface area (TPSA) is 32.3 Å². The van der Waals surface area contributed by atoms with Crippen molar-refractivity contribution in [1.29, 1.82) is 0 Å². The molecule has 17 heavy (non-hydrogen) atoms. The van der Waals surface area contributed by atoms with Crippen LogP contribution in [-0.2, 0) is 4.79 Å². The van der Waals surface area contributed by atoms with E-state index in [1.54, 1.807) is 11.8 Å². The van der Waals surface area contributed by atoms with E-state index >= 15 is 0 Å². The van der Waals surface area contributed by atoms with Crippen LogP contribution in [0, 0.1) is 0 Å². The Balaban J connectivity index is 1.96. The molecule has 0 aliphatic carbocycles. The molecule has 92 valence electrons. The van der Waals surface area contributed by atoms with Crippen molar-refractivity contribution in [1.82, 2.24) is 0 Å². The van der Waals surface area contributed by atoms with E-state index in [2.05, 4.69) is 5.32 Å². The van der Waals surface area contributed by atoms with Crippen LogP contribution in [0.15, 0.2) is 24.3 Å². The minimum atomic E-state index is 0.142. The fraction of sp³-hybridized carbons (Fsp3) is 0.462. The standard InChI is InChI=1S/C13H18N2OS/c1-15(2)11-7-5-10(6-8-11)14-13(16)12-4-3-9-17-12/h5-8,12H,3-4,9H2,1-2H3,(H,14,16). The molecule has 1 aliphatic heterocycles. The van der Waals surface area contributed by atoms with E-state index in [9.17, 15) is 4.79 Å². The van der Waals surface area contributed by atoms with Crippen molar-refractivity contribution in [2.75, 3.05) is 30.1 Å². The number of hydrogen-bond acceptors (Lipinski definition) is 3. The van der Waals surface area contributed by atoms with Crippen LogP contribution >= 0.6 is 11.8 Å². The molecular formula is C13H18N2OS. The molecule has 1 fully saturated rings. The summed E-state index contributed by atoms with van der Waals surface area (Å²) >= 11 is 1.76. The summed E-state index contributed by atoms with van der Waals surface area (Å²) in [5.41, 5.74) is 2.02. The molecule has 0 radical (unpaired) electrons. The highest BCUT2D eigenvalue weighted by molar-refractivity contribution is 8.00. The van der Waals surface area contributed by atoms with Gasteiger partial charge in [0.05, 0.1) is 5.25 Å². The van der Waals surface area contributed by atoms with Gasteiger partial charge in [0.2, 0.25) is 5.91 Å². The summed E-state index contributed by atoms with van der Waals surface area (Å²) in [6.45, 7) is 0. The Morgan fingerprint density at radius 2 is 2.06 bits per heavy atom. The Labute approximate surface area is 107 Å². The van der Waals surface area contributed by atoms with Crippen molar-refractivity contribution < 1.29 is 4.79 Å². The van der Waals surface area contributed by atoms with E-state index < -0.39 is 0 Å². The van der Waals surface area contributed by atoms with Gasteiger partial charge in [-0.05, 0) is 42.9 Å². The minimum Gasteiger partial charge on any atom is -0.378 e. The molecule has 1 saturated heterocycles. The van der Waals surface area contributed by atoms with Gasteiger partial charge < -0.3 is 10.2 Å². The van der Waals surface area contributed by atoms with Crippen molar-refractivity contribution in [2.45, 2.75) is 18.1 Å². The van der Waals surface area contributed by atoms with Crippen LogP contribution in [0.3, 0.4) is 0 Å². The van der Waals surface area contributed by atoms with Gasteiger partial charge >= 0.3 is 0 Å². The summed E-state index contributed by atoms with van der Waals surface area (Å²) in [7, 11) is 4.01. The fourth-order valence-electron chi connectivity index (χ4n) is 1.85. The predicted molar refractivity (Wildman–Crippen MR) is 74.9 cm³/mol. The Morgan fingerprint density at radius 3 is 2.59 bits per heavy atom. The molecule has 1 aromatic carbocycles. The minimum absolute atomic E-state index is 0.142. The Morgan fingerprint density at radius 1 is 1.35 bits per heavy atom. The van der Waals surface area contributed by atoms with E-state index in [1.165, 1.54) is 0 Å². The molecular weight excluding hydrogens is 232 g/mol. The van der Waals surface area contributed by atoms with Gasteiger partial charge in [-0.15, -0.1) is 11.8 Å². The fourth-order valence-corrected chi connectivity index (χ4v) is 3.01. The van der Waals surface area contributed by atoms with Gasteiger partial charge in [0, 0.05) is 25.5 Å². The van der Waals surface area contributed by atoms with Gasteiger partial charge in [0.25, 0.3) is 0 Å². The second kappa shape index (κ2) is 5.45. The summed E-state index contributed by atoms with van der Waals surface area (Å²) < 4.78 is 0. The van der Waals surface area contributed by atoms with Crippen molar-refractivity contribution in [3.63, 3.8) is 0 Å². The number of benzene rings is 1. The van der Waals surface area contributed by atoms with E-state index in [0.717, 1.165) is 30.0 Å². The first kappa shape index (κ1) is 12.3. The largest absolute Gasteiger partial charge is 0.378 e. The predicted octanol–water partition coefficient (Wildman–Crippen LogP) is 2.59. The summed E-state index contributed by atoms with van der Waals surface area (Å²) in [6.07, 6.45) is 2.16. The van der Waals surface area contributed by atoms with Crippen molar-refractivity contribution in [3.05, 3.63) is 24.3 Å². The molecule has 0 bridgehead atoms. The van der Waals surface area contributed by atoms with Crippen LogP contribution in [0.25, 0.3) is 0 Å². The Kier molecular flexibility index (Phi) is 3.94. The number of nitrogens with one attached hydrogen (secondary N) is 1. The first-order valence-electron chi connectivity index (χ1n) is 5.86. The molecule has 4 heteroatoms. The van der Waals surface area contributed by atoms with Gasteiger partial charge in [-0.3, -0.25) is 4.79 Å². The number of carbonyl (C=O) groups is 1. The number of nitrogens with zero attached hydrogens (tertiary/aromatic N) is 1. The summed E-state index contributed by atoms with van der Waals surface area (Å²) in [4.78, 5) is 13.9. The van der Waals surface area contributed by atoms with Gasteiger partial charge in [0.15, 0.2) is 0 Å². The maximum atomic E-state index is 11.9. The van der Waals surface area contributed by atoms with Crippen LogP contribution in [0.4, 0.5) is 11.4 Å².